The van der Waals surface area contributed by atoms with Gasteiger partial charge in [-0.15, -0.1) is 0 Å². The van der Waals surface area contributed by atoms with Crippen LogP contribution in [0.2, 0.25) is 0 Å². The average Bonchev–Trinajstić information content (AvgIpc) is 3.51. The lowest BCUT2D eigenvalue weighted by Crippen LogP contribution is -2.45. The van der Waals surface area contributed by atoms with Gasteiger partial charge in [-0.1, -0.05) is 72.8 Å². The van der Waals surface area contributed by atoms with Crippen LogP contribution in [0.5, 0.6) is 0 Å². The van der Waals surface area contributed by atoms with E-state index in [1.54, 1.807) is 12.1 Å². The number of hydrogen-bond donors (Lipinski definition) is 1. The zero-order valence-electron chi connectivity index (χ0n) is 15.2. The fourth-order valence-electron chi connectivity index (χ4n) is 3.76. The zero-order valence-corrected chi connectivity index (χ0v) is 15.2. The third-order valence-electron chi connectivity index (χ3n) is 5.50. The van der Waals surface area contributed by atoms with E-state index in [2.05, 4.69) is 5.32 Å². The summed E-state index contributed by atoms with van der Waals surface area (Å²) in [4.78, 5) is 13.0. The van der Waals surface area contributed by atoms with Crippen molar-refractivity contribution in [2.24, 2.45) is 5.92 Å². The van der Waals surface area contributed by atoms with E-state index in [-0.39, 0.29) is 23.6 Å². The molecule has 0 aliphatic heterocycles. The van der Waals surface area contributed by atoms with Crippen LogP contribution >= 0.6 is 0 Å². The van der Waals surface area contributed by atoms with Crippen LogP contribution in [0.4, 0.5) is 4.39 Å². The molecule has 1 fully saturated rings. The highest BCUT2D eigenvalue weighted by Gasteiger charge is 2.46. The summed E-state index contributed by atoms with van der Waals surface area (Å²) in [7, 11) is 0. The van der Waals surface area contributed by atoms with Crippen LogP contribution < -0.4 is 5.32 Å². The number of nitrogens with one attached hydrogen (secondary N) is 1. The Kier molecular flexibility index (Phi) is 4.53. The quantitative estimate of drug-likeness (QED) is 0.682. The van der Waals surface area contributed by atoms with Crippen LogP contribution in [-0.4, -0.2) is 5.91 Å². The van der Waals surface area contributed by atoms with Crippen LogP contribution in [0.3, 0.4) is 0 Å². The molecule has 3 aromatic rings. The molecular weight excluding hydrogens is 337 g/mol. The second kappa shape index (κ2) is 6.99. The maximum Gasteiger partial charge on any atom is 0.224 e. The highest BCUT2D eigenvalue weighted by Crippen LogP contribution is 2.48. The fraction of sp³-hybridized carbons (Fsp3) is 0.208. The van der Waals surface area contributed by atoms with E-state index >= 15 is 0 Å². The minimum atomic E-state index is -0.602. The van der Waals surface area contributed by atoms with Gasteiger partial charge in [-0.25, -0.2) is 4.39 Å². The molecule has 3 aromatic carbocycles. The molecule has 1 N–H and O–H groups in total. The molecule has 2 atom stereocenters. The first kappa shape index (κ1) is 17.5. The molecule has 0 bridgehead atoms. The number of carbonyl (C=O) groups is 1. The van der Waals surface area contributed by atoms with E-state index in [1.807, 2.05) is 67.6 Å². The van der Waals surface area contributed by atoms with Gasteiger partial charge < -0.3 is 5.32 Å². The van der Waals surface area contributed by atoms with Crippen molar-refractivity contribution < 1.29 is 9.18 Å². The maximum atomic E-state index is 13.1. The van der Waals surface area contributed by atoms with Crippen molar-refractivity contribution in [1.29, 1.82) is 0 Å². The first-order chi connectivity index (χ1) is 13.1. The van der Waals surface area contributed by atoms with Crippen LogP contribution in [0, 0.1) is 11.7 Å². The standard InChI is InChI=1S/C24H22FNO/c1-24(18-8-4-2-5-9-18,19-10-6-3-7-11-19)26-23(27)22-16-21(22)17-12-14-20(25)15-13-17/h2-15,21-22H,16H2,1H3,(H,26,27). The fourth-order valence-corrected chi connectivity index (χ4v) is 3.76. The molecule has 0 saturated heterocycles. The van der Waals surface area contributed by atoms with E-state index in [9.17, 15) is 9.18 Å². The van der Waals surface area contributed by atoms with Crippen molar-refractivity contribution in [2.45, 2.75) is 24.8 Å². The van der Waals surface area contributed by atoms with E-state index in [1.165, 1.54) is 12.1 Å². The molecule has 0 aromatic heterocycles. The number of hydrogen-bond acceptors (Lipinski definition) is 1. The Morgan fingerprint density at radius 3 is 1.93 bits per heavy atom. The Hall–Kier alpha value is -2.94. The van der Waals surface area contributed by atoms with Gasteiger partial charge in [0, 0.05) is 5.92 Å². The van der Waals surface area contributed by atoms with E-state index < -0.39 is 5.54 Å². The molecule has 4 rings (SSSR count). The Balaban J connectivity index is 1.58. The van der Waals surface area contributed by atoms with Gasteiger partial charge in [-0.05, 0) is 48.1 Å². The van der Waals surface area contributed by atoms with Gasteiger partial charge >= 0.3 is 0 Å². The van der Waals surface area contributed by atoms with E-state index in [0.717, 1.165) is 23.1 Å². The number of benzene rings is 3. The second-order valence-electron chi connectivity index (χ2n) is 7.35. The molecule has 1 aliphatic carbocycles. The topological polar surface area (TPSA) is 29.1 Å². The van der Waals surface area contributed by atoms with Crippen LogP contribution in [0.15, 0.2) is 84.9 Å². The molecule has 1 saturated carbocycles. The molecule has 1 aliphatic rings. The summed E-state index contributed by atoms with van der Waals surface area (Å²) in [6.45, 7) is 2.05. The lowest BCUT2D eigenvalue weighted by atomic mass is 9.84. The van der Waals surface area contributed by atoms with Crippen LogP contribution in [0.1, 0.15) is 36.0 Å². The van der Waals surface area contributed by atoms with Crippen LogP contribution in [0.25, 0.3) is 0 Å². The highest BCUT2D eigenvalue weighted by molar-refractivity contribution is 5.84. The molecule has 1 amide bonds. The molecule has 2 nitrogen and oxygen atoms in total. The van der Waals surface area contributed by atoms with Crippen molar-refractivity contribution in [1.82, 2.24) is 5.32 Å². The lowest BCUT2D eigenvalue weighted by Gasteiger charge is -2.32. The van der Waals surface area contributed by atoms with E-state index in [4.69, 9.17) is 0 Å². The van der Waals surface area contributed by atoms with E-state index in [0.29, 0.717) is 0 Å². The SMILES string of the molecule is CC(NC(=O)C1CC1c1ccc(F)cc1)(c1ccccc1)c1ccccc1. The van der Waals surface area contributed by atoms with Gasteiger partial charge in [-0.3, -0.25) is 4.79 Å². The smallest absolute Gasteiger partial charge is 0.224 e. The highest BCUT2D eigenvalue weighted by atomic mass is 19.1. The summed E-state index contributed by atoms with van der Waals surface area (Å²) in [6.07, 6.45) is 0.803. The summed E-state index contributed by atoms with van der Waals surface area (Å²) in [6, 6.07) is 26.5. The summed E-state index contributed by atoms with van der Waals surface area (Å²) < 4.78 is 13.1. The first-order valence-electron chi connectivity index (χ1n) is 9.26. The maximum absolute atomic E-state index is 13.1. The Morgan fingerprint density at radius 1 is 0.889 bits per heavy atom. The largest absolute Gasteiger partial charge is 0.342 e. The predicted molar refractivity (Wildman–Crippen MR) is 105 cm³/mol. The number of carbonyl (C=O) groups excluding carboxylic acids is 1. The molecule has 0 spiro atoms. The molecular formula is C24H22FNO. The normalized spacial score (nSPS) is 18.7. The third kappa shape index (κ3) is 3.50. The van der Waals surface area contributed by atoms with Gasteiger partial charge in [0.05, 0.1) is 5.54 Å². The Bertz CT molecular complexity index is 882. The monoisotopic (exact) mass is 359 g/mol. The second-order valence-corrected chi connectivity index (χ2v) is 7.35. The molecule has 0 radical (unpaired) electrons. The molecule has 2 unspecified atom stereocenters. The predicted octanol–water partition coefficient (Wildman–Crippen LogP) is 5.01. The summed E-state index contributed by atoms with van der Waals surface area (Å²) in [5, 5.41) is 3.29. The number of amides is 1. The number of halogens is 1. The minimum absolute atomic E-state index is 0.0412. The molecule has 136 valence electrons. The van der Waals surface area contributed by atoms with Gasteiger partial charge in [0.25, 0.3) is 0 Å². The van der Waals surface area contributed by atoms with Gasteiger partial charge in [0.2, 0.25) is 5.91 Å². The molecule has 3 heteroatoms. The first-order valence-corrected chi connectivity index (χ1v) is 9.26. The van der Waals surface area contributed by atoms with Gasteiger partial charge in [-0.2, -0.15) is 0 Å². The van der Waals surface area contributed by atoms with Crippen molar-refractivity contribution in [2.75, 3.05) is 0 Å². The summed E-state index contributed by atoms with van der Waals surface area (Å²) >= 11 is 0. The summed E-state index contributed by atoms with van der Waals surface area (Å²) in [5.74, 6) is -0.107. The molecule has 0 heterocycles. The van der Waals surface area contributed by atoms with Crippen molar-refractivity contribution in [3.8, 4) is 0 Å². The van der Waals surface area contributed by atoms with Gasteiger partial charge in [0.1, 0.15) is 5.82 Å². The zero-order chi connectivity index (χ0) is 18.9. The van der Waals surface area contributed by atoms with Crippen molar-refractivity contribution in [3.63, 3.8) is 0 Å². The number of rotatable bonds is 5. The summed E-state index contributed by atoms with van der Waals surface area (Å²) in [5.41, 5.74) is 2.51. The van der Waals surface area contributed by atoms with Crippen LogP contribution in [-0.2, 0) is 10.3 Å². The third-order valence-corrected chi connectivity index (χ3v) is 5.50. The van der Waals surface area contributed by atoms with Crippen molar-refractivity contribution >= 4 is 5.91 Å². The lowest BCUT2D eigenvalue weighted by molar-refractivity contribution is -0.123. The minimum Gasteiger partial charge on any atom is -0.342 e. The van der Waals surface area contributed by atoms with Gasteiger partial charge in [0.15, 0.2) is 0 Å². The molecule has 27 heavy (non-hydrogen) atoms. The van der Waals surface area contributed by atoms with Crippen molar-refractivity contribution in [3.05, 3.63) is 107 Å². The average molecular weight is 359 g/mol. The Morgan fingerprint density at radius 2 is 1.41 bits per heavy atom. The Labute approximate surface area is 159 Å².